The van der Waals surface area contributed by atoms with Crippen molar-refractivity contribution in [1.29, 1.82) is 0 Å². The zero-order valence-electron chi connectivity index (χ0n) is 10.8. The third-order valence-corrected chi connectivity index (χ3v) is 3.39. The summed E-state index contributed by atoms with van der Waals surface area (Å²) in [6.07, 6.45) is 3.10. The van der Waals surface area contributed by atoms with E-state index >= 15 is 0 Å². The Balaban J connectivity index is 2.13. The number of nitrogens with zero attached hydrogens (tertiary/aromatic N) is 1. The molecule has 2 unspecified atom stereocenters. The van der Waals surface area contributed by atoms with E-state index in [0.717, 1.165) is 5.56 Å². The Morgan fingerprint density at radius 1 is 1.53 bits per heavy atom. The number of carbonyl (C=O) groups excluding carboxylic acids is 1. The average molecular weight is 264 g/mol. The quantitative estimate of drug-likeness (QED) is 0.835. The number of hydrogen-bond acceptors (Lipinski definition) is 4. The molecule has 2 N–H and O–H groups in total. The van der Waals surface area contributed by atoms with Crippen LogP contribution in [0.4, 0.5) is 0 Å². The minimum atomic E-state index is -1.09. The van der Waals surface area contributed by atoms with E-state index in [-0.39, 0.29) is 19.1 Å². The maximum atomic E-state index is 12.1. The molecule has 0 aliphatic carbocycles. The topological polar surface area (TPSA) is 88.5 Å². The van der Waals surface area contributed by atoms with Crippen molar-refractivity contribution in [2.45, 2.75) is 19.9 Å². The summed E-state index contributed by atoms with van der Waals surface area (Å²) in [6, 6.07) is 1.16. The number of aliphatic carboxylic acids is 1. The fraction of sp³-hybridized carbons (Fsp3) is 0.462. The summed E-state index contributed by atoms with van der Waals surface area (Å²) in [4.78, 5) is 27.3. The number of carbonyl (C=O) groups is 2. The van der Waals surface area contributed by atoms with Crippen LogP contribution in [0.25, 0.3) is 0 Å². The first kappa shape index (κ1) is 13.5. The van der Waals surface area contributed by atoms with Gasteiger partial charge in [-0.1, -0.05) is 0 Å². The minimum Gasteiger partial charge on any atom is -0.481 e. The first-order valence-corrected chi connectivity index (χ1v) is 5.97. The molecule has 0 saturated carbocycles. The second kappa shape index (κ2) is 4.97. The summed E-state index contributed by atoms with van der Waals surface area (Å²) >= 11 is 0. The second-order valence-corrected chi connectivity index (χ2v) is 5.01. The molecule has 1 saturated heterocycles. The predicted octanol–water partition coefficient (Wildman–Crippen LogP) is 0.610. The molecule has 2 atom stereocenters. The number of amides is 1. The Hall–Kier alpha value is -1.95. The van der Waals surface area contributed by atoms with Gasteiger partial charge in [0.1, 0.15) is 5.41 Å². The van der Waals surface area contributed by atoms with Crippen molar-refractivity contribution in [1.82, 2.24) is 10.3 Å². The lowest BCUT2D eigenvalue weighted by Gasteiger charge is -2.25. The highest BCUT2D eigenvalue weighted by Gasteiger charge is 2.47. The van der Waals surface area contributed by atoms with E-state index in [9.17, 15) is 14.7 Å². The van der Waals surface area contributed by atoms with Crippen molar-refractivity contribution in [3.8, 4) is 0 Å². The highest BCUT2D eigenvalue weighted by molar-refractivity contribution is 5.94. The molecule has 19 heavy (non-hydrogen) atoms. The van der Waals surface area contributed by atoms with Crippen molar-refractivity contribution >= 4 is 11.9 Å². The molecule has 0 aromatic carbocycles. The van der Waals surface area contributed by atoms with Crippen LogP contribution in [0, 0.1) is 12.3 Å². The number of aromatic nitrogens is 1. The Kier molecular flexibility index (Phi) is 3.53. The van der Waals surface area contributed by atoms with Gasteiger partial charge in [-0.05, 0) is 25.5 Å². The number of hydrogen-bond donors (Lipinski definition) is 2. The summed E-state index contributed by atoms with van der Waals surface area (Å²) in [5, 5.41) is 11.9. The first-order valence-electron chi connectivity index (χ1n) is 5.97. The molecule has 0 spiro atoms. The van der Waals surface area contributed by atoms with Crippen molar-refractivity contribution in [2.24, 2.45) is 5.41 Å². The van der Waals surface area contributed by atoms with Gasteiger partial charge < -0.3 is 15.2 Å². The van der Waals surface area contributed by atoms with E-state index in [2.05, 4.69) is 10.3 Å². The van der Waals surface area contributed by atoms with Crippen molar-refractivity contribution < 1.29 is 19.4 Å². The van der Waals surface area contributed by atoms with Crippen LogP contribution in [0.5, 0.6) is 0 Å². The Bertz CT molecular complexity index is 517. The molecule has 1 aromatic heterocycles. The number of aryl methyl sites for hydroxylation is 1. The van der Waals surface area contributed by atoms with E-state index in [1.54, 1.807) is 19.2 Å². The van der Waals surface area contributed by atoms with Gasteiger partial charge >= 0.3 is 5.97 Å². The summed E-state index contributed by atoms with van der Waals surface area (Å²) in [7, 11) is 0. The third kappa shape index (κ3) is 2.58. The number of pyridine rings is 1. The molecule has 2 rings (SSSR count). The van der Waals surface area contributed by atoms with E-state index in [1.807, 2.05) is 6.92 Å². The maximum absolute atomic E-state index is 12.1. The minimum absolute atomic E-state index is 0.0966. The molecule has 1 aromatic rings. The van der Waals surface area contributed by atoms with Gasteiger partial charge in [0.2, 0.25) is 0 Å². The summed E-state index contributed by atoms with van der Waals surface area (Å²) in [6.45, 7) is 3.71. The van der Waals surface area contributed by atoms with Gasteiger partial charge in [-0.3, -0.25) is 14.6 Å². The Morgan fingerprint density at radius 2 is 2.26 bits per heavy atom. The van der Waals surface area contributed by atoms with Gasteiger partial charge in [-0.25, -0.2) is 0 Å². The van der Waals surface area contributed by atoms with E-state index < -0.39 is 17.4 Å². The molecule has 0 radical (unpaired) electrons. The van der Waals surface area contributed by atoms with Gasteiger partial charge in [0.05, 0.1) is 24.8 Å². The number of ether oxygens (including phenoxy) is 1. The van der Waals surface area contributed by atoms with Crippen molar-refractivity contribution in [3.63, 3.8) is 0 Å². The fourth-order valence-corrected chi connectivity index (χ4v) is 2.01. The number of rotatable bonds is 3. The molecule has 102 valence electrons. The van der Waals surface area contributed by atoms with E-state index in [4.69, 9.17) is 4.74 Å². The molecule has 6 nitrogen and oxygen atoms in total. The van der Waals surface area contributed by atoms with Gasteiger partial charge in [0.15, 0.2) is 0 Å². The van der Waals surface area contributed by atoms with Gasteiger partial charge in [-0.15, -0.1) is 0 Å². The lowest BCUT2D eigenvalue weighted by atomic mass is 9.85. The third-order valence-electron chi connectivity index (χ3n) is 3.39. The van der Waals surface area contributed by atoms with Crippen LogP contribution in [0.1, 0.15) is 22.8 Å². The second-order valence-electron chi connectivity index (χ2n) is 5.01. The monoisotopic (exact) mass is 264 g/mol. The van der Waals surface area contributed by atoms with Crippen LogP contribution in [0.15, 0.2) is 18.5 Å². The normalized spacial score (nSPS) is 26.1. The molecule has 0 bridgehead atoms. The molecule has 2 heterocycles. The van der Waals surface area contributed by atoms with Gasteiger partial charge in [0, 0.05) is 12.4 Å². The lowest BCUT2D eigenvalue weighted by Crippen LogP contribution is -2.49. The molecular weight excluding hydrogens is 248 g/mol. The zero-order chi connectivity index (χ0) is 14.0. The smallest absolute Gasteiger partial charge is 0.313 e. The van der Waals surface area contributed by atoms with E-state index in [0.29, 0.717) is 5.56 Å². The number of carboxylic acid groups (broad SMARTS) is 1. The highest BCUT2D eigenvalue weighted by atomic mass is 16.5. The maximum Gasteiger partial charge on any atom is 0.313 e. The largest absolute Gasteiger partial charge is 0.481 e. The average Bonchev–Trinajstić information content (AvgIpc) is 2.72. The van der Waals surface area contributed by atoms with Crippen molar-refractivity contribution in [3.05, 3.63) is 29.6 Å². The predicted molar refractivity (Wildman–Crippen MR) is 66.8 cm³/mol. The van der Waals surface area contributed by atoms with Crippen LogP contribution in [-0.2, 0) is 9.53 Å². The molecular formula is C13H16N2O4. The lowest BCUT2D eigenvalue weighted by molar-refractivity contribution is -0.148. The van der Waals surface area contributed by atoms with Gasteiger partial charge in [-0.2, -0.15) is 0 Å². The molecule has 1 aliphatic heterocycles. The van der Waals surface area contributed by atoms with Crippen LogP contribution in [-0.4, -0.2) is 41.2 Å². The Morgan fingerprint density at radius 3 is 2.89 bits per heavy atom. The zero-order valence-corrected chi connectivity index (χ0v) is 10.8. The van der Waals surface area contributed by atoms with E-state index in [1.165, 1.54) is 6.20 Å². The number of carboxylic acids is 1. The van der Waals surface area contributed by atoms with Crippen LogP contribution in [0.3, 0.4) is 0 Å². The fourth-order valence-electron chi connectivity index (χ4n) is 2.01. The van der Waals surface area contributed by atoms with Crippen molar-refractivity contribution in [2.75, 3.05) is 13.2 Å². The summed E-state index contributed by atoms with van der Waals surface area (Å²) < 4.78 is 5.18. The molecule has 1 aliphatic rings. The van der Waals surface area contributed by atoms with Crippen LogP contribution >= 0.6 is 0 Å². The van der Waals surface area contributed by atoms with Crippen LogP contribution in [0.2, 0.25) is 0 Å². The Labute approximate surface area is 110 Å². The summed E-state index contributed by atoms with van der Waals surface area (Å²) in [5.41, 5.74) is 0.198. The standard InChI is InChI=1S/C13H16N2O4/c1-8-3-9(5-14-4-8)11(16)15-10-6-19-7-13(10,2)12(17)18/h3-5,10H,6-7H2,1-2H3,(H,15,16)(H,17,18). The van der Waals surface area contributed by atoms with Gasteiger partial charge in [0.25, 0.3) is 5.91 Å². The SMILES string of the molecule is Cc1cncc(C(=O)NC2COCC2(C)C(=O)O)c1. The molecule has 6 heteroatoms. The molecule has 1 fully saturated rings. The van der Waals surface area contributed by atoms with Crippen LogP contribution < -0.4 is 5.32 Å². The highest BCUT2D eigenvalue weighted by Crippen LogP contribution is 2.28. The summed E-state index contributed by atoms with van der Waals surface area (Å²) in [5.74, 6) is -1.31. The number of nitrogens with one attached hydrogen (secondary N) is 1. The first-order chi connectivity index (χ1) is 8.93. The molecule has 1 amide bonds.